The first-order valence-electron chi connectivity index (χ1n) is 8.89. The normalized spacial score (nSPS) is 16.5. The second-order valence-electron chi connectivity index (χ2n) is 6.64. The standard InChI is InChI=1S/C21H20N2O4/c1-15-12-19(13-20(24)26-15)27-18-8-11-23(14-18)21(25)16-4-6-17(7-5-16)22-9-2-3-10-22/h2-7,9-10,12-13,18H,8,11,14H2,1H3. The van der Waals surface area contributed by atoms with Gasteiger partial charge in [0.25, 0.3) is 5.91 Å². The Morgan fingerprint density at radius 3 is 2.59 bits per heavy atom. The molecule has 4 rings (SSSR count). The van der Waals surface area contributed by atoms with Crippen LogP contribution in [0.3, 0.4) is 0 Å². The van der Waals surface area contributed by atoms with E-state index in [0.717, 1.165) is 12.1 Å². The van der Waals surface area contributed by atoms with Crippen LogP contribution in [-0.2, 0) is 0 Å². The van der Waals surface area contributed by atoms with Crippen LogP contribution < -0.4 is 10.4 Å². The molecular formula is C21H20N2O4. The number of aromatic nitrogens is 1. The highest BCUT2D eigenvalue weighted by Crippen LogP contribution is 2.20. The van der Waals surface area contributed by atoms with E-state index in [0.29, 0.717) is 30.2 Å². The number of carbonyl (C=O) groups excluding carboxylic acids is 1. The van der Waals surface area contributed by atoms with E-state index in [4.69, 9.17) is 9.15 Å². The Kier molecular flexibility index (Phi) is 4.54. The lowest BCUT2D eigenvalue weighted by molar-refractivity contribution is 0.0772. The number of likely N-dealkylation sites (tertiary alicyclic amines) is 1. The number of rotatable bonds is 4. The number of nitrogens with zero attached hydrogens (tertiary/aromatic N) is 2. The quantitative estimate of drug-likeness (QED) is 0.714. The summed E-state index contributed by atoms with van der Waals surface area (Å²) in [7, 11) is 0. The minimum Gasteiger partial charge on any atom is -0.488 e. The number of aryl methyl sites for hydroxylation is 1. The van der Waals surface area contributed by atoms with Crippen molar-refractivity contribution in [3.63, 3.8) is 0 Å². The molecule has 2 aromatic heterocycles. The zero-order valence-corrected chi connectivity index (χ0v) is 15.0. The zero-order valence-electron chi connectivity index (χ0n) is 15.0. The predicted molar refractivity (Wildman–Crippen MR) is 100 cm³/mol. The summed E-state index contributed by atoms with van der Waals surface area (Å²) in [6, 6.07) is 14.5. The van der Waals surface area contributed by atoms with Crippen LogP contribution in [0.4, 0.5) is 0 Å². The largest absolute Gasteiger partial charge is 0.488 e. The van der Waals surface area contributed by atoms with Crippen molar-refractivity contribution in [1.82, 2.24) is 9.47 Å². The fourth-order valence-electron chi connectivity index (χ4n) is 3.31. The minimum absolute atomic E-state index is 0.0103. The highest BCUT2D eigenvalue weighted by atomic mass is 16.5. The van der Waals surface area contributed by atoms with Gasteiger partial charge in [-0.2, -0.15) is 0 Å². The fraction of sp³-hybridized carbons (Fsp3) is 0.238. The van der Waals surface area contributed by atoms with Gasteiger partial charge < -0.3 is 18.6 Å². The Hall–Kier alpha value is -3.28. The Morgan fingerprint density at radius 2 is 1.89 bits per heavy atom. The van der Waals surface area contributed by atoms with Gasteiger partial charge in [0.2, 0.25) is 0 Å². The fourth-order valence-corrected chi connectivity index (χ4v) is 3.31. The minimum atomic E-state index is -0.432. The van der Waals surface area contributed by atoms with Crippen molar-refractivity contribution in [3.8, 4) is 11.4 Å². The first kappa shape index (κ1) is 17.1. The van der Waals surface area contributed by atoms with E-state index >= 15 is 0 Å². The summed E-state index contributed by atoms with van der Waals surface area (Å²) in [6.07, 6.45) is 4.53. The van der Waals surface area contributed by atoms with Crippen LogP contribution in [0.25, 0.3) is 5.69 Å². The molecule has 0 aliphatic carbocycles. The number of carbonyl (C=O) groups is 1. The lowest BCUT2D eigenvalue weighted by Crippen LogP contribution is -2.31. The smallest absolute Gasteiger partial charge is 0.339 e. The van der Waals surface area contributed by atoms with Crippen molar-refractivity contribution in [1.29, 1.82) is 0 Å². The van der Waals surface area contributed by atoms with E-state index in [2.05, 4.69) is 0 Å². The van der Waals surface area contributed by atoms with Crippen molar-refractivity contribution in [2.24, 2.45) is 0 Å². The first-order valence-corrected chi connectivity index (χ1v) is 8.89. The average molecular weight is 364 g/mol. The zero-order chi connectivity index (χ0) is 18.8. The monoisotopic (exact) mass is 364 g/mol. The van der Waals surface area contributed by atoms with Crippen molar-refractivity contribution >= 4 is 5.91 Å². The third-order valence-corrected chi connectivity index (χ3v) is 4.62. The topological polar surface area (TPSA) is 64.7 Å². The summed E-state index contributed by atoms with van der Waals surface area (Å²) in [5.74, 6) is 0.981. The van der Waals surface area contributed by atoms with E-state index in [1.807, 2.05) is 53.4 Å². The lowest BCUT2D eigenvalue weighted by Gasteiger charge is -2.17. The van der Waals surface area contributed by atoms with E-state index in [9.17, 15) is 9.59 Å². The van der Waals surface area contributed by atoms with Gasteiger partial charge in [-0.3, -0.25) is 4.79 Å². The molecule has 1 saturated heterocycles. The molecule has 3 heterocycles. The molecule has 0 N–H and O–H groups in total. The van der Waals surface area contributed by atoms with Crippen LogP contribution in [0.5, 0.6) is 5.75 Å². The van der Waals surface area contributed by atoms with Gasteiger partial charge in [-0.15, -0.1) is 0 Å². The molecule has 3 aromatic rings. The summed E-state index contributed by atoms with van der Waals surface area (Å²) in [4.78, 5) is 26.0. The highest BCUT2D eigenvalue weighted by molar-refractivity contribution is 5.94. The molecule has 0 radical (unpaired) electrons. The van der Waals surface area contributed by atoms with Crippen molar-refractivity contribution < 1.29 is 13.9 Å². The summed E-state index contributed by atoms with van der Waals surface area (Å²) in [6.45, 7) is 2.83. The van der Waals surface area contributed by atoms with Crippen molar-refractivity contribution in [2.75, 3.05) is 13.1 Å². The van der Waals surface area contributed by atoms with Crippen LogP contribution in [0.2, 0.25) is 0 Å². The maximum atomic E-state index is 12.7. The van der Waals surface area contributed by atoms with Gasteiger partial charge in [-0.25, -0.2) is 4.79 Å². The Morgan fingerprint density at radius 1 is 1.15 bits per heavy atom. The molecule has 0 saturated carbocycles. The van der Waals surface area contributed by atoms with Gasteiger partial charge in [-0.1, -0.05) is 0 Å². The van der Waals surface area contributed by atoms with Gasteiger partial charge in [0.1, 0.15) is 17.6 Å². The summed E-state index contributed by atoms with van der Waals surface area (Å²) in [5, 5.41) is 0. The highest BCUT2D eigenvalue weighted by Gasteiger charge is 2.28. The van der Waals surface area contributed by atoms with E-state index < -0.39 is 5.63 Å². The van der Waals surface area contributed by atoms with Gasteiger partial charge in [-0.05, 0) is 43.3 Å². The molecule has 138 valence electrons. The maximum Gasteiger partial charge on any atom is 0.339 e. The van der Waals surface area contributed by atoms with Gasteiger partial charge in [0.15, 0.2) is 0 Å². The van der Waals surface area contributed by atoms with Crippen molar-refractivity contribution in [2.45, 2.75) is 19.4 Å². The molecule has 27 heavy (non-hydrogen) atoms. The summed E-state index contributed by atoms with van der Waals surface area (Å²) < 4.78 is 12.8. The molecule has 1 aromatic carbocycles. The van der Waals surface area contributed by atoms with Crippen LogP contribution in [0.15, 0.2) is 70.1 Å². The number of hydrogen-bond acceptors (Lipinski definition) is 4. The second kappa shape index (κ2) is 7.15. The molecule has 0 bridgehead atoms. The predicted octanol–water partition coefficient (Wildman–Crippen LogP) is 3.03. The van der Waals surface area contributed by atoms with Crippen LogP contribution in [0, 0.1) is 6.92 Å². The Balaban J connectivity index is 1.41. The van der Waals surface area contributed by atoms with Crippen LogP contribution in [0.1, 0.15) is 22.5 Å². The van der Waals surface area contributed by atoms with E-state index in [1.165, 1.54) is 6.07 Å². The van der Waals surface area contributed by atoms with Crippen molar-refractivity contribution in [3.05, 3.63) is 82.7 Å². The molecule has 1 fully saturated rings. The third-order valence-electron chi connectivity index (χ3n) is 4.62. The van der Waals surface area contributed by atoms with Gasteiger partial charge in [0.05, 0.1) is 12.6 Å². The molecule has 6 heteroatoms. The van der Waals surface area contributed by atoms with Crippen LogP contribution >= 0.6 is 0 Å². The van der Waals surface area contributed by atoms with E-state index in [1.54, 1.807) is 17.9 Å². The average Bonchev–Trinajstić information content (AvgIpc) is 3.32. The Bertz CT molecular complexity index is 990. The second-order valence-corrected chi connectivity index (χ2v) is 6.64. The first-order chi connectivity index (χ1) is 13.1. The van der Waals surface area contributed by atoms with E-state index in [-0.39, 0.29) is 12.0 Å². The molecule has 6 nitrogen and oxygen atoms in total. The third kappa shape index (κ3) is 3.79. The summed E-state index contributed by atoms with van der Waals surface area (Å²) >= 11 is 0. The SMILES string of the molecule is Cc1cc(OC2CCN(C(=O)c3ccc(-n4cccc4)cc3)C2)cc(=O)o1. The lowest BCUT2D eigenvalue weighted by atomic mass is 10.2. The number of benzene rings is 1. The molecular weight excluding hydrogens is 344 g/mol. The number of ether oxygens (including phenoxy) is 1. The maximum absolute atomic E-state index is 12.7. The van der Waals surface area contributed by atoms with Crippen LogP contribution in [-0.4, -0.2) is 34.6 Å². The number of amides is 1. The molecule has 1 amide bonds. The van der Waals surface area contributed by atoms with Gasteiger partial charge >= 0.3 is 5.63 Å². The molecule has 0 spiro atoms. The molecule has 1 atom stereocenters. The van der Waals surface area contributed by atoms with Gasteiger partial charge in [0, 0.05) is 42.7 Å². The molecule has 1 aliphatic rings. The molecule has 1 unspecified atom stereocenters. The number of hydrogen-bond donors (Lipinski definition) is 0. The Labute approximate surface area is 156 Å². The summed E-state index contributed by atoms with van der Waals surface area (Å²) in [5.41, 5.74) is 1.24. The molecule has 1 aliphatic heterocycles.